The van der Waals surface area contributed by atoms with Gasteiger partial charge in [0.2, 0.25) is 0 Å². The van der Waals surface area contributed by atoms with E-state index < -0.39 is 5.97 Å². The Morgan fingerprint density at radius 1 is 1.15 bits per heavy atom. The topological polar surface area (TPSA) is 97.8 Å². The Kier molecular flexibility index (Phi) is 3.36. The molecule has 27 heavy (non-hydrogen) atoms. The molecule has 2 heterocycles. The SMILES string of the molecule is CN(c1nc2cc(C(=O)[O-])ccc2nc1-c1ccc2[nH]ncc2c1)C1CC1. The molecule has 0 amide bonds. The maximum atomic E-state index is 11.2. The number of H-pyrrole nitrogens is 1. The molecule has 0 bridgehead atoms. The molecular formula is C20H16N5O2-. The third-order valence-electron chi connectivity index (χ3n) is 5.02. The Morgan fingerprint density at radius 2 is 2.00 bits per heavy atom. The number of fused-ring (bicyclic) bond motifs is 2. The van der Waals surface area contributed by atoms with Crippen LogP contribution >= 0.6 is 0 Å². The van der Waals surface area contributed by atoms with Crippen molar-refractivity contribution in [2.75, 3.05) is 11.9 Å². The number of benzene rings is 2. The zero-order valence-electron chi connectivity index (χ0n) is 14.6. The van der Waals surface area contributed by atoms with E-state index in [0.717, 1.165) is 40.8 Å². The molecule has 0 unspecified atom stereocenters. The number of carboxylic acids is 1. The molecular weight excluding hydrogens is 342 g/mol. The van der Waals surface area contributed by atoms with Gasteiger partial charge in [0.25, 0.3) is 0 Å². The maximum absolute atomic E-state index is 11.2. The van der Waals surface area contributed by atoms with Crippen LogP contribution in [-0.2, 0) is 0 Å². The van der Waals surface area contributed by atoms with Crippen LogP contribution in [0.2, 0.25) is 0 Å². The molecule has 7 heteroatoms. The normalized spacial score (nSPS) is 14.0. The lowest BCUT2D eigenvalue weighted by Gasteiger charge is -2.21. The highest BCUT2D eigenvalue weighted by atomic mass is 16.4. The predicted molar refractivity (Wildman–Crippen MR) is 100 cm³/mol. The lowest BCUT2D eigenvalue weighted by molar-refractivity contribution is -0.255. The first-order valence-corrected chi connectivity index (χ1v) is 8.79. The molecule has 1 fully saturated rings. The van der Waals surface area contributed by atoms with Crippen LogP contribution in [0.5, 0.6) is 0 Å². The largest absolute Gasteiger partial charge is 0.545 e. The van der Waals surface area contributed by atoms with E-state index >= 15 is 0 Å². The molecule has 0 aliphatic heterocycles. The molecule has 1 aliphatic rings. The first-order valence-electron chi connectivity index (χ1n) is 8.79. The van der Waals surface area contributed by atoms with Crippen molar-refractivity contribution >= 4 is 33.7 Å². The summed E-state index contributed by atoms with van der Waals surface area (Å²) in [7, 11) is 2.01. The van der Waals surface area contributed by atoms with Crippen molar-refractivity contribution in [1.29, 1.82) is 0 Å². The fraction of sp³-hybridized carbons (Fsp3) is 0.200. The van der Waals surface area contributed by atoms with Crippen molar-refractivity contribution in [3.8, 4) is 11.3 Å². The molecule has 134 valence electrons. The molecule has 0 radical (unpaired) electrons. The quantitative estimate of drug-likeness (QED) is 0.600. The van der Waals surface area contributed by atoms with E-state index in [0.29, 0.717) is 17.1 Å². The van der Waals surface area contributed by atoms with Crippen LogP contribution in [0.4, 0.5) is 5.82 Å². The molecule has 1 aliphatic carbocycles. The van der Waals surface area contributed by atoms with Gasteiger partial charge in [0.05, 0.1) is 28.7 Å². The molecule has 0 spiro atoms. The van der Waals surface area contributed by atoms with E-state index in [1.807, 2.05) is 25.2 Å². The predicted octanol–water partition coefficient (Wildman–Crippen LogP) is 2.14. The van der Waals surface area contributed by atoms with Gasteiger partial charge in [-0.3, -0.25) is 5.10 Å². The third-order valence-corrected chi connectivity index (χ3v) is 5.02. The molecule has 0 saturated heterocycles. The molecule has 7 nitrogen and oxygen atoms in total. The molecule has 1 saturated carbocycles. The maximum Gasteiger partial charge on any atom is 0.155 e. The fourth-order valence-corrected chi connectivity index (χ4v) is 3.34. The van der Waals surface area contributed by atoms with E-state index in [9.17, 15) is 9.90 Å². The van der Waals surface area contributed by atoms with Gasteiger partial charge in [-0.15, -0.1) is 0 Å². The van der Waals surface area contributed by atoms with Crippen molar-refractivity contribution in [1.82, 2.24) is 20.2 Å². The summed E-state index contributed by atoms with van der Waals surface area (Å²) in [6, 6.07) is 11.1. The highest BCUT2D eigenvalue weighted by molar-refractivity contribution is 5.93. The standard InChI is InChI=1S/C20H17N5O2/c1-25(14-4-5-14)19-18(11-2-6-15-13(8-11)10-21-24-15)22-16-7-3-12(20(26)27)9-17(16)23-19/h2-3,6-10,14H,4-5H2,1H3,(H,21,24)(H,26,27)/p-1. The van der Waals surface area contributed by atoms with Crippen LogP contribution in [0.15, 0.2) is 42.6 Å². The van der Waals surface area contributed by atoms with Crippen LogP contribution in [0.1, 0.15) is 23.2 Å². The first kappa shape index (κ1) is 15.7. The zero-order valence-corrected chi connectivity index (χ0v) is 14.6. The minimum absolute atomic E-state index is 0.101. The van der Waals surface area contributed by atoms with Crippen LogP contribution in [0.25, 0.3) is 33.2 Å². The number of carboxylic acid groups (broad SMARTS) is 1. The van der Waals surface area contributed by atoms with E-state index in [2.05, 4.69) is 15.1 Å². The van der Waals surface area contributed by atoms with Gasteiger partial charge in [-0.1, -0.05) is 12.1 Å². The van der Waals surface area contributed by atoms with Crippen LogP contribution in [0.3, 0.4) is 0 Å². The Hall–Kier alpha value is -3.48. The Balaban J connectivity index is 1.74. The van der Waals surface area contributed by atoms with E-state index in [4.69, 9.17) is 9.97 Å². The molecule has 5 rings (SSSR count). The van der Waals surface area contributed by atoms with Gasteiger partial charge in [-0.05, 0) is 42.7 Å². The molecule has 4 aromatic rings. The average molecular weight is 358 g/mol. The smallest absolute Gasteiger partial charge is 0.155 e. The highest BCUT2D eigenvalue weighted by Crippen LogP contribution is 2.36. The summed E-state index contributed by atoms with van der Waals surface area (Å²) in [5.41, 5.74) is 3.99. The number of carbonyl (C=O) groups excluding carboxylic acids is 1. The molecule has 2 aromatic heterocycles. The highest BCUT2D eigenvalue weighted by Gasteiger charge is 2.29. The average Bonchev–Trinajstić information content (AvgIpc) is 3.43. The van der Waals surface area contributed by atoms with Gasteiger partial charge < -0.3 is 14.8 Å². The number of rotatable bonds is 4. The number of carbonyl (C=O) groups is 1. The molecule has 1 N–H and O–H groups in total. The van der Waals surface area contributed by atoms with Gasteiger partial charge in [-0.2, -0.15) is 5.10 Å². The van der Waals surface area contributed by atoms with Gasteiger partial charge in [0, 0.05) is 24.0 Å². The van der Waals surface area contributed by atoms with Crippen molar-refractivity contribution in [3.63, 3.8) is 0 Å². The number of nitrogens with zero attached hydrogens (tertiary/aromatic N) is 4. The summed E-state index contributed by atoms with van der Waals surface area (Å²) < 4.78 is 0. The summed E-state index contributed by atoms with van der Waals surface area (Å²) in [6.45, 7) is 0. The van der Waals surface area contributed by atoms with Crippen LogP contribution < -0.4 is 10.0 Å². The van der Waals surface area contributed by atoms with Crippen molar-refractivity contribution in [2.45, 2.75) is 18.9 Å². The van der Waals surface area contributed by atoms with Gasteiger partial charge >= 0.3 is 0 Å². The number of aromatic nitrogens is 4. The second-order valence-corrected chi connectivity index (χ2v) is 6.90. The minimum atomic E-state index is -1.22. The van der Waals surface area contributed by atoms with E-state index in [1.165, 1.54) is 12.1 Å². The van der Waals surface area contributed by atoms with E-state index in [-0.39, 0.29) is 5.56 Å². The molecule has 0 atom stereocenters. The molecule has 2 aromatic carbocycles. The lowest BCUT2D eigenvalue weighted by atomic mass is 10.1. The first-order chi connectivity index (χ1) is 13.1. The van der Waals surface area contributed by atoms with Crippen molar-refractivity contribution in [3.05, 3.63) is 48.2 Å². The number of aromatic amines is 1. The Morgan fingerprint density at radius 3 is 2.78 bits per heavy atom. The number of hydrogen-bond acceptors (Lipinski definition) is 6. The second-order valence-electron chi connectivity index (χ2n) is 6.90. The van der Waals surface area contributed by atoms with E-state index in [1.54, 1.807) is 12.3 Å². The second kappa shape index (κ2) is 5.77. The van der Waals surface area contributed by atoms with Crippen LogP contribution in [0, 0.1) is 0 Å². The number of aromatic carboxylic acids is 1. The lowest BCUT2D eigenvalue weighted by Crippen LogP contribution is -2.23. The van der Waals surface area contributed by atoms with Gasteiger partial charge in [0.1, 0.15) is 5.69 Å². The summed E-state index contributed by atoms with van der Waals surface area (Å²) in [5.74, 6) is -0.464. The number of hydrogen-bond donors (Lipinski definition) is 1. The summed E-state index contributed by atoms with van der Waals surface area (Å²) in [4.78, 5) is 22.9. The summed E-state index contributed by atoms with van der Waals surface area (Å²) in [5, 5.41) is 19.2. The Labute approximate surface area is 154 Å². The third kappa shape index (κ3) is 2.68. The summed E-state index contributed by atoms with van der Waals surface area (Å²) >= 11 is 0. The van der Waals surface area contributed by atoms with Crippen molar-refractivity contribution in [2.24, 2.45) is 0 Å². The monoisotopic (exact) mass is 358 g/mol. The fourth-order valence-electron chi connectivity index (χ4n) is 3.34. The minimum Gasteiger partial charge on any atom is -0.545 e. The van der Waals surface area contributed by atoms with Crippen LogP contribution in [-0.4, -0.2) is 39.2 Å². The number of anilines is 1. The summed E-state index contributed by atoms with van der Waals surface area (Å²) in [6.07, 6.45) is 4.02. The van der Waals surface area contributed by atoms with Crippen molar-refractivity contribution < 1.29 is 9.90 Å². The number of nitrogens with one attached hydrogen (secondary N) is 1. The van der Waals surface area contributed by atoms with Gasteiger partial charge in [-0.25, -0.2) is 9.97 Å². The Bertz CT molecular complexity index is 1200. The van der Waals surface area contributed by atoms with Gasteiger partial charge in [0.15, 0.2) is 5.82 Å². The zero-order chi connectivity index (χ0) is 18.5.